The Kier molecular flexibility index (Phi) is 4.31. The van der Waals surface area contributed by atoms with Crippen LogP contribution in [0.5, 0.6) is 0 Å². The van der Waals surface area contributed by atoms with Crippen molar-refractivity contribution in [3.8, 4) is 0 Å². The van der Waals surface area contributed by atoms with Crippen LogP contribution in [-0.4, -0.2) is 15.9 Å². The average molecular weight is 391 g/mol. The third kappa shape index (κ3) is 3.07. The molecule has 4 nitrogen and oxygen atoms in total. The van der Waals surface area contributed by atoms with Crippen molar-refractivity contribution in [1.29, 1.82) is 0 Å². The zero-order valence-electron chi connectivity index (χ0n) is 8.82. The molecule has 0 unspecified atom stereocenters. The molecule has 1 N–H and O–H groups in total. The van der Waals surface area contributed by atoms with Gasteiger partial charge in [0.1, 0.15) is 0 Å². The van der Waals surface area contributed by atoms with Gasteiger partial charge in [-0.2, -0.15) is 0 Å². The Labute approximate surface area is 125 Å². The summed E-state index contributed by atoms with van der Waals surface area (Å²) in [5, 5.41) is 2.75. The van der Waals surface area contributed by atoms with Crippen LogP contribution in [-0.2, 0) is 0 Å². The second-order valence-corrected chi connectivity index (χ2v) is 5.40. The van der Waals surface area contributed by atoms with Crippen LogP contribution in [0.4, 0.5) is 5.82 Å². The maximum atomic E-state index is 12.0. The largest absolute Gasteiger partial charge is 0.304 e. The Morgan fingerprint density at radius 3 is 2.61 bits per heavy atom. The Bertz CT molecular complexity index is 607. The molecule has 0 saturated heterocycles. The number of carbonyl (C=O) groups is 1. The minimum absolute atomic E-state index is 0.152. The summed E-state index contributed by atoms with van der Waals surface area (Å²) in [7, 11) is 0. The van der Waals surface area contributed by atoms with Crippen molar-refractivity contribution in [3.05, 3.63) is 50.3 Å². The number of halogens is 3. The van der Waals surface area contributed by atoms with Gasteiger partial charge in [-0.05, 0) is 34.1 Å². The van der Waals surface area contributed by atoms with Crippen LogP contribution in [0, 0.1) is 0 Å². The van der Waals surface area contributed by atoms with E-state index in [1.165, 1.54) is 12.4 Å². The molecule has 2 aromatic rings. The Balaban J connectivity index is 2.25. The predicted molar refractivity (Wildman–Crippen MR) is 76.8 cm³/mol. The molecule has 1 aromatic heterocycles. The molecule has 0 atom stereocenters. The molecule has 1 amide bonds. The molecular formula is C11H6Br2ClN3O. The molecule has 1 heterocycles. The molecule has 0 bridgehead atoms. The van der Waals surface area contributed by atoms with Gasteiger partial charge in [0, 0.05) is 21.3 Å². The molecule has 92 valence electrons. The molecule has 0 aliphatic rings. The van der Waals surface area contributed by atoms with Crippen LogP contribution in [0.3, 0.4) is 0 Å². The van der Waals surface area contributed by atoms with Crippen LogP contribution in [0.15, 0.2) is 39.5 Å². The van der Waals surface area contributed by atoms with Gasteiger partial charge in [-0.15, -0.1) is 0 Å². The number of hydrogen-bond acceptors (Lipinski definition) is 3. The normalized spacial score (nSPS) is 10.2. The fraction of sp³-hybridized carbons (Fsp3) is 0. The first kappa shape index (κ1) is 13.5. The van der Waals surface area contributed by atoms with Gasteiger partial charge in [-0.25, -0.2) is 9.97 Å². The molecule has 0 fully saturated rings. The Morgan fingerprint density at radius 2 is 1.94 bits per heavy atom. The summed E-state index contributed by atoms with van der Waals surface area (Å²) in [4.78, 5) is 19.8. The van der Waals surface area contributed by atoms with Gasteiger partial charge < -0.3 is 5.32 Å². The van der Waals surface area contributed by atoms with Crippen LogP contribution in [0.2, 0.25) is 5.15 Å². The third-order valence-corrected chi connectivity index (χ3v) is 3.49. The van der Waals surface area contributed by atoms with Crippen molar-refractivity contribution in [1.82, 2.24) is 9.97 Å². The van der Waals surface area contributed by atoms with E-state index >= 15 is 0 Å². The number of benzene rings is 1. The highest BCUT2D eigenvalue weighted by atomic mass is 79.9. The van der Waals surface area contributed by atoms with E-state index in [9.17, 15) is 4.79 Å². The number of amides is 1. The molecular weight excluding hydrogens is 385 g/mol. The van der Waals surface area contributed by atoms with E-state index in [2.05, 4.69) is 47.1 Å². The monoisotopic (exact) mass is 389 g/mol. The fourth-order valence-corrected chi connectivity index (χ4v) is 2.63. The van der Waals surface area contributed by atoms with Crippen molar-refractivity contribution in [3.63, 3.8) is 0 Å². The van der Waals surface area contributed by atoms with E-state index in [0.717, 1.165) is 4.47 Å². The summed E-state index contributed by atoms with van der Waals surface area (Å²) in [5.74, 6) is -0.0734. The van der Waals surface area contributed by atoms with Gasteiger partial charge in [0.15, 0.2) is 11.0 Å². The minimum Gasteiger partial charge on any atom is -0.304 e. The summed E-state index contributed by atoms with van der Waals surface area (Å²) in [6, 6.07) is 5.25. The lowest BCUT2D eigenvalue weighted by molar-refractivity contribution is 0.102. The van der Waals surface area contributed by atoms with E-state index < -0.39 is 0 Å². The lowest BCUT2D eigenvalue weighted by atomic mass is 10.2. The molecule has 0 aliphatic carbocycles. The maximum absolute atomic E-state index is 12.0. The summed E-state index contributed by atoms with van der Waals surface area (Å²) >= 11 is 12.5. The molecule has 0 saturated carbocycles. The van der Waals surface area contributed by atoms with Gasteiger partial charge in [-0.1, -0.05) is 27.5 Å². The van der Waals surface area contributed by atoms with E-state index in [0.29, 0.717) is 10.0 Å². The maximum Gasteiger partial charge on any atom is 0.258 e. The van der Waals surface area contributed by atoms with E-state index in [4.69, 9.17) is 11.6 Å². The fourth-order valence-electron chi connectivity index (χ4n) is 1.25. The van der Waals surface area contributed by atoms with Crippen molar-refractivity contribution < 1.29 is 4.79 Å². The molecule has 7 heteroatoms. The van der Waals surface area contributed by atoms with Crippen LogP contribution in [0.25, 0.3) is 0 Å². The molecule has 2 rings (SSSR count). The van der Waals surface area contributed by atoms with Gasteiger partial charge in [0.2, 0.25) is 0 Å². The second-order valence-electron chi connectivity index (χ2n) is 3.27. The summed E-state index contributed by atoms with van der Waals surface area (Å²) in [6.07, 6.45) is 2.91. The Morgan fingerprint density at radius 1 is 1.22 bits per heavy atom. The number of nitrogens with zero attached hydrogens (tertiary/aromatic N) is 2. The van der Waals surface area contributed by atoms with Crippen molar-refractivity contribution in [2.45, 2.75) is 0 Å². The molecule has 0 radical (unpaired) electrons. The summed E-state index contributed by atoms with van der Waals surface area (Å²) < 4.78 is 1.55. The van der Waals surface area contributed by atoms with Gasteiger partial charge in [0.05, 0.1) is 5.56 Å². The van der Waals surface area contributed by atoms with Gasteiger partial charge >= 0.3 is 0 Å². The highest BCUT2D eigenvalue weighted by molar-refractivity contribution is 9.11. The highest BCUT2D eigenvalue weighted by Crippen LogP contribution is 2.23. The Hall–Kier alpha value is -0.980. The topological polar surface area (TPSA) is 54.9 Å². The van der Waals surface area contributed by atoms with Crippen molar-refractivity contribution in [2.24, 2.45) is 0 Å². The lowest BCUT2D eigenvalue weighted by Gasteiger charge is -2.07. The first-order valence-corrected chi connectivity index (χ1v) is 6.77. The first-order chi connectivity index (χ1) is 8.58. The predicted octanol–water partition coefficient (Wildman–Crippen LogP) is 3.91. The number of rotatable bonds is 2. The van der Waals surface area contributed by atoms with E-state index in [-0.39, 0.29) is 16.9 Å². The lowest BCUT2D eigenvalue weighted by Crippen LogP contribution is -2.14. The third-order valence-electron chi connectivity index (χ3n) is 2.06. The van der Waals surface area contributed by atoms with E-state index in [1.807, 2.05) is 0 Å². The van der Waals surface area contributed by atoms with Crippen molar-refractivity contribution >= 4 is 55.2 Å². The number of anilines is 1. The number of nitrogens with one attached hydrogen (secondary N) is 1. The van der Waals surface area contributed by atoms with Crippen LogP contribution < -0.4 is 5.32 Å². The SMILES string of the molecule is O=C(Nc1nccnc1Cl)c1ccc(Br)cc1Br. The molecule has 18 heavy (non-hydrogen) atoms. The molecule has 0 spiro atoms. The minimum atomic E-state index is -0.309. The zero-order chi connectivity index (χ0) is 13.1. The van der Waals surface area contributed by atoms with E-state index in [1.54, 1.807) is 18.2 Å². The highest BCUT2D eigenvalue weighted by Gasteiger charge is 2.13. The number of hydrogen-bond donors (Lipinski definition) is 1. The van der Waals surface area contributed by atoms with Gasteiger partial charge in [-0.3, -0.25) is 4.79 Å². The van der Waals surface area contributed by atoms with Crippen LogP contribution in [0.1, 0.15) is 10.4 Å². The first-order valence-electron chi connectivity index (χ1n) is 4.81. The summed E-state index contributed by atoms with van der Waals surface area (Å²) in [5.41, 5.74) is 0.486. The van der Waals surface area contributed by atoms with Gasteiger partial charge in [0.25, 0.3) is 5.91 Å². The number of aromatic nitrogens is 2. The molecule has 1 aromatic carbocycles. The smallest absolute Gasteiger partial charge is 0.258 e. The average Bonchev–Trinajstić information content (AvgIpc) is 2.32. The summed E-state index contributed by atoms with van der Waals surface area (Å²) in [6.45, 7) is 0. The second kappa shape index (κ2) is 5.77. The van der Waals surface area contributed by atoms with Crippen LogP contribution >= 0.6 is 43.5 Å². The number of carbonyl (C=O) groups excluding carboxylic acids is 1. The van der Waals surface area contributed by atoms with Crippen molar-refractivity contribution in [2.75, 3.05) is 5.32 Å². The standard InChI is InChI=1S/C11H6Br2ClN3O/c12-6-1-2-7(8(13)5-6)11(18)17-10-9(14)15-3-4-16-10/h1-5H,(H,16,17,18). The zero-order valence-corrected chi connectivity index (χ0v) is 12.8. The quantitative estimate of drug-likeness (QED) is 0.845. The molecule has 0 aliphatic heterocycles.